The molecule has 2 aromatic rings. The Bertz CT molecular complexity index is 794. The minimum Gasteiger partial charge on any atom is -0.508 e. The number of phenols is 1. The lowest BCUT2D eigenvalue weighted by Gasteiger charge is -2.05. The van der Waals surface area contributed by atoms with Gasteiger partial charge in [-0.2, -0.15) is 5.10 Å². The van der Waals surface area contributed by atoms with Crippen LogP contribution in [0.4, 0.5) is 5.69 Å². The van der Waals surface area contributed by atoms with E-state index in [1.807, 2.05) is 0 Å². The molecule has 0 heterocycles. The fourth-order valence-electron chi connectivity index (χ4n) is 1.72. The summed E-state index contributed by atoms with van der Waals surface area (Å²) in [5.74, 6) is -0.294. The highest BCUT2D eigenvalue weighted by Gasteiger charge is 2.12. The van der Waals surface area contributed by atoms with Crippen LogP contribution in [0, 0.1) is 10.1 Å². The van der Waals surface area contributed by atoms with Crippen LogP contribution < -0.4 is 10.2 Å². The molecule has 0 spiro atoms. The van der Waals surface area contributed by atoms with Crippen molar-refractivity contribution >= 4 is 29.4 Å². The van der Waals surface area contributed by atoms with Crippen molar-refractivity contribution in [2.75, 3.05) is 6.61 Å². The van der Waals surface area contributed by atoms with Crippen LogP contribution in [0.2, 0.25) is 5.02 Å². The molecule has 2 rings (SSSR count). The van der Waals surface area contributed by atoms with Crippen LogP contribution in [0.3, 0.4) is 0 Å². The van der Waals surface area contributed by atoms with Crippen molar-refractivity contribution in [2.24, 2.45) is 5.10 Å². The largest absolute Gasteiger partial charge is 0.508 e. The summed E-state index contributed by atoms with van der Waals surface area (Å²) in [4.78, 5) is 21.9. The number of aromatic hydroxyl groups is 1. The Morgan fingerprint density at radius 1 is 1.38 bits per heavy atom. The molecular formula is C15H12ClN3O5. The highest BCUT2D eigenvalue weighted by molar-refractivity contribution is 6.30. The normalized spacial score (nSPS) is 10.5. The molecule has 0 bridgehead atoms. The molecule has 0 fully saturated rings. The van der Waals surface area contributed by atoms with Crippen LogP contribution in [0.15, 0.2) is 47.6 Å². The molecule has 8 nitrogen and oxygen atoms in total. The summed E-state index contributed by atoms with van der Waals surface area (Å²) in [6, 6.07) is 10.0. The molecule has 1 amide bonds. The van der Waals surface area contributed by atoms with E-state index in [0.29, 0.717) is 10.8 Å². The monoisotopic (exact) mass is 349 g/mol. The smallest absolute Gasteiger partial charge is 0.278 e. The number of halogens is 1. The number of carbonyl (C=O) groups is 1. The summed E-state index contributed by atoms with van der Waals surface area (Å²) in [6.07, 6.45) is 1.06. The Hall–Kier alpha value is -3.13. The number of phenolic OH excluding ortho intramolecular Hbond substituents is 1. The highest BCUT2D eigenvalue weighted by Crippen LogP contribution is 2.21. The van der Waals surface area contributed by atoms with Crippen LogP contribution in [0.1, 0.15) is 5.56 Å². The molecule has 0 aromatic heterocycles. The summed E-state index contributed by atoms with van der Waals surface area (Å²) >= 11 is 5.79. The molecule has 0 aliphatic rings. The second-order valence-corrected chi connectivity index (χ2v) is 4.98. The molecule has 24 heavy (non-hydrogen) atoms. The summed E-state index contributed by atoms with van der Waals surface area (Å²) < 4.78 is 5.21. The molecule has 0 radical (unpaired) electrons. The van der Waals surface area contributed by atoms with Gasteiger partial charge in [0.15, 0.2) is 6.61 Å². The molecule has 0 unspecified atom stereocenters. The first-order chi connectivity index (χ1) is 11.5. The Labute approximate surface area is 141 Å². The third-order valence-corrected chi connectivity index (χ3v) is 3.00. The number of nitrogens with zero attached hydrogens (tertiary/aromatic N) is 2. The van der Waals surface area contributed by atoms with Crippen molar-refractivity contribution < 1.29 is 19.6 Å². The standard InChI is InChI=1S/C15H12ClN3O5/c16-11-2-1-3-13(7-11)24-9-15(21)18-17-8-10-6-12(20)4-5-14(10)19(22)23/h1-8,20H,9H2,(H,18,21)/b17-8+. The molecule has 9 heteroatoms. The molecule has 2 aromatic carbocycles. The SMILES string of the molecule is O=C(COc1cccc(Cl)c1)N/N=C/c1cc(O)ccc1[N+](=O)[O-]. The van der Waals surface area contributed by atoms with Gasteiger partial charge in [0.05, 0.1) is 16.7 Å². The average molecular weight is 350 g/mol. The van der Waals surface area contributed by atoms with E-state index < -0.39 is 10.8 Å². The predicted octanol–water partition coefficient (Wildman–Crippen LogP) is 2.48. The molecule has 0 saturated heterocycles. The number of nitro groups is 1. The van der Waals surface area contributed by atoms with E-state index in [1.54, 1.807) is 24.3 Å². The Kier molecular flexibility index (Phi) is 5.69. The minimum atomic E-state index is -0.620. The fraction of sp³-hybridized carbons (Fsp3) is 0.0667. The van der Waals surface area contributed by atoms with Gasteiger partial charge >= 0.3 is 0 Å². The third kappa shape index (κ3) is 4.96. The molecule has 124 valence electrons. The maximum absolute atomic E-state index is 11.6. The predicted molar refractivity (Wildman–Crippen MR) is 87.4 cm³/mol. The van der Waals surface area contributed by atoms with Crippen molar-refractivity contribution in [3.8, 4) is 11.5 Å². The second kappa shape index (κ2) is 7.93. The van der Waals surface area contributed by atoms with Crippen LogP contribution >= 0.6 is 11.6 Å². The van der Waals surface area contributed by atoms with Gasteiger partial charge in [0, 0.05) is 11.1 Å². The Morgan fingerprint density at radius 2 is 2.17 bits per heavy atom. The number of rotatable bonds is 6. The summed E-state index contributed by atoms with van der Waals surface area (Å²) in [7, 11) is 0. The Balaban J connectivity index is 1.93. The van der Waals surface area contributed by atoms with Gasteiger partial charge in [0.25, 0.3) is 11.6 Å². The van der Waals surface area contributed by atoms with Gasteiger partial charge in [-0.25, -0.2) is 5.43 Å². The van der Waals surface area contributed by atoms with Gasteiger partial charge in [-0.15, -0.1) is 0 Å². The first-order valence-electron chi connectivity index (χ1n) is 6.63. The van der Waals surface area contributed by atoms with E-state index in [1.165, 1.54) is 6.07 Å². The number of ether oxygens (including phenoxy) is 1. The van der Waals surface area contributed by atoms with Gasteiger partial charge in [0.2, 0.25) is 0 Å². The van der Waals surface area contributed by atoms with Crippen LogP contribution in [0.25, 0.3) is 0 Å². The summed E-state index contributed by atoms with van der Waals surface area (Å²) in [5, 5.41) is 24.3. The van der Waals surface area contributed by atoms with Crippen molar-refractivity contribution in [2.45, 2.75) is 0 Å². The summed E-state index contributed by atoms with van der Waals surface area (Å²) in [6.45, 7) is -0.306. The van der Waals surface area contributed by atoms with Gasteiger partial charge in [0.1, 0.15) is 11.5 Å². The van der Waals surface area contributed by atoms with E-state index in [9.17, 15) is 20.0 Å². The second-order valence-electron chi connectivity index (χ2n) is 4.54. The van der Waals surface area contributed by atoms with Gasteiger partial charge in [-0.3, -0.25) is 14.9 Å². The highest BCUT2D eigenvalue weighted by atomic mass is 35.5. The first-order valence-corrected chi connectivity index (χ1v) is 7.01. The van der Waals surface area contributed by atoms with E-state index in [2.05, 4.69) is 10.5 Å². The zero-order valence-electron chi connectivity index (χ0n) is 12.2. The van der Waals surface area contributed by atoms with E-state index >= 15 is 0 Å². The maximum Gasteiger partial charge on any atom is 0.278 e. The number of amides is 1. The molecule has 0 saturated carbocycles. The zero-order valence-corrected chi connectivity index (χ0v) is 12.9. The van der Waals surface area contributed by atoms with E-state index in [-0.39, 0.29) is 23.6 Å². The van der Waals surface area contributed by atoms with Crippen molar-refractivity contribution in [3.63, 3.8) is 0 Å². The van der Waals surface area contributed by atoms with Crippen LogP contribution in [-0.4, -0.2) is 28.8 Å². The number of hydrogen-bond acceptors (Lipinski definition) is 6. The maximum atomic E-state index is 11.6. The number of hydrogen-bond donors (Lipinski definition) is 2. The number of nitro benzene ring substituents is 1. The number of benzene rings is 2. The topological polar surface area (TPSA) is 114 Å². The Morgan fingerprint density at radius 3 is 2.88 bits per heavy atom. The molecule has 0 aliphatic heterocycles. The summed E-state index contributed by atoms with van der Waals surface area (Å²) in [5.41, 5.74) is 1.97. The van der Waals surface area contributed by atoms with Crippen molar-refractivity contribution in [1.29, 1.82) is 0 Å². The molecule has 2 N–H and O–H groups in total. The van der Waals surface area contributed by atoms with Gasteiger partial charge in [-0.05, 0) is 30.3 Å². The zero-order chi connectivity index (χ0) is 17.5. The number of hydrazone groups is 1. The lowest BCUT2D eigenvalue weighted by atomic mass is 10.2. The quantitative estimate of drug-likeness (QED) is 0.472. The van der Waals surface area contributed by atoms with Crippen LogP contribution in [-0.2, 0) is 4.79 Å². The molecule has 0 atom stereocenters. The van der Waals surface area contributed by atoms with E-state index in [4.69, 9.17) is 16.3 Å². The lowest BCUT2D eigenvalue weighted by molar-refractivity contribution is -0.385. The minimum absolute atomic E-state index is 0.0519. The van der Waals surface area contributed by atoms with Crippen LogP contribution in [0.5, 0.6) is 11.5 Å². The van der Waals surface area contributed by atoms with Crippen molar-refractivity contribution in [3.05, 3.63) is 63.2 Å². The van der Waals surface area contributed by atoms with E-state index in [0.717, 1.165) is 18.3 Å². The fourth-order valence-corrected chi connectivity index (χ4v) is 1.90. The van der Waals surface area contributed by atoms with Crippen molar-refractivity contribution in [1.82, 2.24) is 5.43 Å². The number of carbonyl (C=O) groups excluding carboxylic acids is 1. The van der Waals surface area contributed by atoms with Gasteiger partial charge < -0.3 is 9.84 Å². The molecular weight excluding hydrogens is 338 g/mol. The number of nitrogens with one attached hydrogen (secondary N) is 1. The van der Waals surface area contributed by atoms with Gasteiger partial charge in [-0.1, -0.05) is 17.7 Å². The first kappa shape index (κ1) is 17.2. The lowest BCUT2D eigenvalue weighted by Crippen LogP contribution is -2.24. The molecule has 0 aliphatic carbocycles. The average Bonchev–Trinajstić information content (AvgIpc) is 2.53. The third-order valence-electron chi connectivity index (χ3n) is 2.77.